The summed E-state index contributed by atoms with van der Waals surface area (Å²) in [7, 11) is 0. The number of carbonyl (C=O) groups is 1. The maximum Gasteiger partial charge on any atom is 0.262 e. The van der Waals surface area contributed by atoms with Crippen molar-refractivity contribution in [1.29, 1.82) is 0 Å². The summed E-state index contributed by atoms with van der Waals surface area (Å²) >= 11 is 1.42. The first-order valence-corrected chi connectivity index (χ1v) is 7.60. The highest BCUT2D eigenvalue weighted by atomic mass is 32.2. The highest BCUT2D eigenvalue weighted by Gasteiger charge is 2.09. The number of para-hydroxylation sites is 1. The van der Waals surface area contributed by atoms with Gasteiger partial charge in [0.25, 0.3) is 5.56 Å². The molecule has 2 aromatic rings. The van der Waals surface area contributed by atoms with E-state index in [-0.39, 0.29) is 11.5 Å². The van der Waals surface area contributed by atoms with E-state index >= 15 is 0 Å². The zero-order chi connectivity index (χ0) is 14.5. The molecular formula is C13H16N4O2S. The molecule has 0 spiro atoms. The number of benzene rings is 1. The van der Waals surface area contributed by atoms with Gasteiger partial charge in [-0.3, -0.25) is 25.0 Å². The zero-order valence-corrected chi connectivity index (χ0v) is 12.2. The number of rotatable bonds is 5. The molecule has 1 heterocycles. The molecule has 0 radical (unpaired) electrons. The molecular weight excluding hydrogens is 276 g/mol. The Balaban J connectivity index is 2.37. The summed E-state index contributed by atoms with van der Waals surface area (Å²) in [6.45, 7) is 2.32. The number of aromatic nitrogens is 2. The number of hydrogen-bond donors (Lipinski definition) is 2. The third-order valence-corrected chi connectivity index (χ3v) is 3.32. The lowest BCUT2D eigenvalue weighted by atomic mass is 10.2. The Morgan fingerprint density at radius 3 is 2.85 bits per heavy atom. The molecule has 1 aromatic heterocycles. The SMILES string of the molecule is CCn1c(NNC(=O)CSC)nc2ccccc2c1=O. The van der Waals surface area contributed by atoms with Crippen molar-refractivity contribution in [2.75, 3.05) is 17.4 Å². The van der Waals surface area contributed by atoms with E-state index in [0.717, 1.165) is 0 Å². The van der Waals surface area contributed by atoms with E-state index < -0.39 is 0 Å². The maximum absolute atomic E-state index is 12.3. The van der Waals surface area contributed by atoms with Gasteiger partial charge in [0.15, 0.2) is 0 Å². The highest BCUT2D eigenvalue weighted by molar-refractivity contribution is 7.99. The molecule has 0 aliphatic rings. The Morgan fingerprint density at radius 2 is 2.15 bits per heavy atom. The van der Waals surface area contributed by atoms with E-state index in [2.05, 4.69) is 15.8 Å². The Kier molecular flexibility index (Phi) is 4.62. The van der Waals surface area contributed by atoms with Gasteiger partial charge < -0.3 is 0 Å². The van der Waals surface area contributed by atoms with Crippen molar-refractivity contribution in [3.63, 3.8) is 0 Å². The zero-order valence-electron chi connectivity index (χ0n) is 11.3. The summed E-state index contributed by atoms with van der Waals surface area (Å²) in [6.07, 6.45) is 1.84. The number of amides is 1. The normalized spacial score (nSPS) is 10.5. The van der Waals surface area contributed by atoms with Crippen LogP contribution in [0.1, 0.15) is 6.92 Å². The molecule has 0 atom stereocenters. The molecule has 2 N–H and O–H groups in total. The van der Waals surface area contributed by atoms with Crippen molar-refractivity contribution < 1.29 is 4.79 Å². The van der Waals surface area contributed by atoms with Crippen LogP contribution in [0, 0.1) is 0 Å². The van der Waals surface area contributed by atoms with E-state index in [1.165, 1.54) is 16.3 Å². The van der Waals surface area contributed by atoms with Crippen molar-refractivity contribution in [2.45, 2.75) is 13.5 Å². The van der Waals surface area contributed by atoms with E-state index in [0.29, 0.717) is 29.1 Å². The maximum atomic E-state index is 12.3. The summed E-state index contributed by atoms with van der Waals surface area (Å²) in [6, 6.07) is 7.14. The lowest BCUT2D eigenvalue weighted by Gasteiger charge is -2.13. The fourth-order valence-corrected chi connectivity index (χ4v) is 2.18. The van der Waals surface area contributed by atoms with Crippen LogP contribution in [0.5, 0.6) is 0 Å². The van der Waals surface area contributed by atoms with Crippen molar-refractivity contribution in [1.82, 2.24) is 15.0 Å². The molecule has 6 nitrogen and oxygen atoms in total. The van der Waals surface area contributed by atoms with Gasteiger partial charge in [0.1, 0.15) is 0 Å². The predicted molar refractivity (Wildman–Crippen MR) is 81.8 cm³/mol. The fourth-order valence-electron chi connectivity index (χ4n) is 1.85. The van der Waals surface area contributed by atoms with E-state index in [1.54, 1.807) is 18.2 Å². The van der Waals surface area contributed by atoms with Gasteiger partial charge in [-0.25, -0.2) is 4.98 Å². The van der Waals surface area contributed by atoms with Gasteiger partial charge in [0.05, 0.1) is 16.7 Å². The molecule has 0 bridgehead atoms. The smallest absolute Gasteiger partial charge is 0.262 e. The van der Waals surface area contributed by atoms with Crippen LogP contribution in [0.2, 0.25) is 0 Å². The van der Waals surface area contributed by atoms with Crippen LogP contribution in [0.15, 0.2) is 29.1 Å². The minimum atomic E-state index is -0.164. The minimum Gasteiger partial charge on any atom is -0.277 e. The van der Waals surface area contributed by atoms with Gasteiger partial charge in [-0.15, -0.1) is 0 Å². The standard InChI is InChI=1S/C13H16N4O2S/c1-3-17-12(19)9-6-4-5-7-10(9)14-13(17)16-15-11(18)8-20-2/h4-7H,3,8H2,1-2H3,(H,14,16)(H,15,18). The third kappa shape index (κ3) is 2.93. The largest absolute Gasteiger partial charge is 0.277 e. The number of anilines is 1. The summed E-state index contributed by atoms with van der Waals surface area (Å²) in [5.74, 6) is 0.518. The molecule has 2 rings (SSSR count). The molecule has 1 aromatic carbocycles. The molecule has 0 fully saturated rings. The average Bonchev–Trinajstić information content (AvgIpc) is 2.46. The molecule has 7 heteroatoms. The Morgan fingerprint density at radius 1 is 1.40 bits per heavy atom. The molecule has 1 amide bonds. The average molecular weight is 292 g/mol. The van der Waals surface area contributed by atoms with Crippen LogP contribution in [-0.2, 0) is 11.3 Å². The first kappa shape index (κ1) is 14.4. The van der Waals surface area contributed by atoms with E-state index in [4.69, 9.17) is 0 Å². The van der Waals surface area contributed by atoms with Crippen molar-refractivity contribution >= 4 is 34.5 Å². The Labute approximate surface area is 120 Å². The van der Waals surface area contributed by atoms with Crippen molar-refractivity contribution in [3.05, 3.63) is 34.6 Å². The van der Waals surface area contributed by atoms with Crippen LogP contribution in [0.25, 0.3) is 10.9 Å². The van der Waals surface area contributed by atoms with Crippen LogP contribution < -0.4 is 16.4 Å². The second-order valence-electron chi connectivity index (χ2n) is 4.11. The van der Waals surface area contributed by atoms with Crippen molar-refractivity contribution in [2.24, 2.45) is 0 Å². The molecule has 0 saturated carbocycles. The number of hydrazine groups is 1. The summed E-state index contributed by atoms with van der Waals surface area (Å²) < 4.78 is 1.49. The summed E-state index contributed by atoms with van der Waals surface area (Å²) in [5.41, 5.74) is 5.73. The van der Waals surface area contributed by atoms with Crippen LogP contribution in [0.3, 0.4) is 0 Å². The van der Waals surface area contributed by atoms with Crippen LogP contribution in [-0.4, -0.2) is 27.5 Å². The van der Waals surface area contributed by atoms with E-state index in [9.17, 15) is 9.59 Å². The number of thioether (sulfide) groups is 1. The molecule has 0 unspecified atom stereocenters. The van der Waals surface area contributed by atoms with Gasteiger partial charge >= 0.3 is 0 Å². The molecule has 0 saturated heterocycles. The molecule has 0 aliphatic heterocycles. The number of nitrogens with zero attached hydrogens (tertiary/aromatic N) is 2. The molecule has 0 aliphatic carbocycles. The summed E-state index contributed by atoms with van der Waals surface area (Å²) in [5, 5.41) is 0.565. The number of nitrogens with one attached hydrogen (secondary N) is 2. The quantitative estimate of drug-likeness (QED) is 0.810. The van der Waals surface area contributed by atoms with Crippen molar-refractivity contribution in [3.8, 4) is 0 Å². The first-order chi connectivity index (χ1) is 9.67. The highest BCUT2D eigenvalue weighted by Crippen LogP contribution is 2.10. The van der Waals surface area contributed by atoms with Gasteiger partial charge in [0, 0.05) is 6.54 Å². The number of carbonyl (C=O) groups excluding carboxylic acids is 1. The lowest BCUT2D eigenvalue weighted by molar-refractivity contribution is -0.118. The second-order valence-corrected chi connectivity index (χ2v) is 4.97. The Hall–Kier alpha value is -2.02. The Bertz CT molecular complexity index is 684. The molecule has 106 valence electrons. The topological polar surface area (TPSA) is 76.0 Å². The first-order valence-electron chi connectivity index (χ1n) is 6.20. The van der Waals surface area contributed by atoms with Crippen LogP contribution in [0.4, 0.5) is 5.95 Å². The van der Waals surface area contributed by atoms with Gasteiger partial charge in [0.2, 0.25) is 11.9 Å². The second kappa shape index (κ2) is 6.42. The lowest BCUT2D eigenvalue weighted by Crippen LogP contribution is -2.35. The van der Waals surface area contributed by atoms with Gasteiger partial charge in [-0.05, 0) is 25.3 Å². The monoisotopic (exact) mass is 292 g/mol. The number of hydrogen-bond acceptors (Lipinski definition) is 5. The minimum absolute atomic E-state index is 0.125. The van der Waals surface area contributed by atoms with E-state index in [1.807, 2.05) is 19.2 Å². The molecule has 20 heavy (non-hydrogen) atoms. The summed E-state index contributed by atoms with van der Waals surface area (Å²) in [4.78, 5) is 28.1. The fraction of sp³-hybridized carbons (Fsp3) is 0.308. The predicted octanol–water partition coefficient (Wildman–Crippen LogP) is 1.22. The third-order valence-electron chi connectivity index (χ3n) is 2.77. The van der Waals surface area contributed by atoms with Gasteiger partial charge in [-0.2, -0.15) is 11.8 Å². The van der Waals surface area contributed by atoms with Crippen LogP contribution >= 0.6 is 11.8 Å². The number of fused-ring (bicyclic) bond motifs is 1. The van der Waals surface area contributed by atoms with Gasteiger partial charge in [-0.1, -0.05) is 12.1 Å².